The van der Waals surface area contributed by atoms with Crippen LogP contribution in [0.15, 0.2) is 83.3 Å². The minimum Gasteiger partial charge on any atom is -0.321 e. The van der Waals surface area contributed by atoms with Crippen molar-refractivity contribution in [2.75, 3.05) is 5.32 Å². The maximum absolute atomic E-state index is 13.2. The van der Waals surface area contributed by atoms with Crippen molar-refractivity contribution in [2.24, 2.45) is 0 Å². The summed E-state index contributed by atoms with van der Waals surface area (Å²) in [6.45, 7) is 1.96. The van der Waals surface area contributed by atoms with Gasteiger partial charge in [0.25, 0.3) is 5.91 Å². The van der Waals surface area contributed by atoms with Gasteiger partial charge in [-0.3, -0.25) is 4.79 Å². The molecule has 0 saturated heterocycles. The Bertz CT molecular complexity index is 1140. The van der Waals surface area contributed by atoms with Crippen LogP contribution in [0.5, 0.6) is 0 Å². The number of para-hydroxylation sites is 2. The van der Waals surface area contributed by atoms with Gasteiger partial charge in [0.15, 0.2) is 0 Å². The number of pyridine rings is 1. The number of benzene rings is 3. The molecule has 27 heavy (non-hydrogen) atoms. The lowest BCUT2D eigenvalue weighted by atomic mass is 9.97. The lowest BCUT2D eigenvalue weighted by Gasteiger charge is -2.15. The Hall–Kier alpha value is -2.98. The van der Waals surface area contributed by atoms with E-state index < -0.39 is 0 Å². The first kappa shape index (κ1) is 17.4. The number of hydrogen-bond donors (Lipinski definition) is 1. The maximum Gasteiger partial charge on any atom is 0.256 e. The second kappa shape index (κ2) is 7.33. The normalized spacial score (nSPS) is 10.7. The smallest absolute Gasteiger partial charge is 0.256 e. The molecular formula is C23H17BrN2O. The summed E-state index contributed by atoms with van der Waals surface area (Å²) in [6.07, 6.45) is 0. The number of aromatic nitrogens is 1. The highest BCUT2D eigenvalue weighted by molar-refractivity contribution is 9.10. The molecule has 1 N–H and O–H groups in total. The number of anilines is 1. The zero-order chi connectivity index (χ0) is 18.8. The van der Waals surface area contributed by atoms with E-state index in [0.29, 0.717) is 5.56 Å². The molecule has 132 valence electrons. The molecule has 0 bridgehead atoms. The first-order valence-corrected chi connectivity index (χ1v) is 9.45. The van der Waals surface area contributed by atoms with Gasteiger partial charge in [0.05, 0.1) is 22.5 Å². The van der Waals surface area contributed by atoms with E-state index in [1.54, 1.807) is 0 Å². The summed E-state index contributed by atoms with van der Waals surface area (Å²) < 4.78 is 0.845. The zero-order valence-corrected chi connectivity index (χ0v) is 16.3. The number of nitrogens with one attached hydrogen (secondary N) is 1. The Labute approximate surface area is 166 Å². The Morgan fingerprint density at radius 2 is 1.56 bits per heavy atom. The maximum atomic E-state index is 13.2. The van der Waals surface area contributed by atoms with E-state index in [-0.39, 0.29) is 5.91 Å². The van der Waals surface area contributed by atoms with Crippen LogP contribution in [0.4, 0.5) is 5.69 Å². The first-order valence-electron chi connectivity index (χ1n) is 8.66. The number of amides is 1. The standard InChI is InChI=1S/C23H17BrN2O/c1-15-21(23(27)26-20-14-8-6-12-18(20)24)17-11-5-7-13-19(17)25-22(15)16-9-3-2-4-10-16/h2-14H,1H3,(H,26,27). The average molecular weight is 417 g/mol. The number of hydrogen-bond acceptors (Lipinski definition) is 2. The fraction of sp³-hybridized carbons (Fsp3) is 0.0435. The minimum atomic E-state index is -0.143. The van der Waals surface area contributed by atoms with Crippen LogP contribution in [0.25, 0.3) is 22.2 Å². The lowest BCUT2D eigenvalue weighted by molar-refractivity contribution is 0.102. The summed E-state index contributed by atoms with van der Waals surface area (Å²) in [7, 11) is 0. The molecule has 1 heterocycles. The highest BCUT2D eigenvalue weighted by atomic mass is 79.9. The molecule has 3 aromatic carbocycles. The SMILES string of the molecule is Cc1c(-c2ccccc2)nc2ccccc2c1C(=O)Nc1ccccc1Br. The van der Waals surface area contributed by atoms with Crippen molar-refractivity contribution in [3.8, 4) is 11.3 Å². The van der Waals surface area contributed by atoms with E-state index in [1.165, 1.54) is 0 Å². The molecule has 0 fully saturated rings. The topological polar surface area (TPSA) is 42.0 Å². The number of nitrogens with zero attached hydrogens (tertiary/aromatic N) is 1. The van der Waals surface area contributed by atoms with Crippen molar-refractivity contribution in [3.05, 3.63) is 94.5 Å². The van der Waals surface area contributed by atoms with Gasteiger partial charge in [0.1, 0.15) is 0 Å². The Morgan fingerprint density at radius 1 is 0.889 bits per heavy atom. The number of fused-ring (bicyclic) bond motifs is 1. The summed E-state index contributed by atoms with van der Waals surface area (Å²) in [6, 6.07) is 25.3. The van der Waals surface area contributed by atoms with Gasteiger partial charge in [-0.2, -0.15) is 0 Å². The summed E-state index contributed by atoms with van der Waals surface area (Å²) in [5.41, 5.74) is 4.88. The van der Waals surface area contributed by atoms with Crippen LogP contribution < -0.4 is 5.32 Å². The number of carbonyl (C=O) groups is 1. The largest absolute Gasteiger partial charge is 0.321 e. The fourth-order valence-corrected chi connectivity index (χ4v) is 3.61. The van der Waals surface area contributed by atoms with Gasteiger partial charge in [-0.1, -0.05) is 60.7 Å². The van der Waals surface area contributed by atoms with Crippen molar-refractivity contribution in [1.29, 1.82) is 0 Å². The van der Waals surface area contributed by atoms with Crippen LogP contribution >= 0.6 is 15.9 Å². The highest BCUT2D eigenvalue weighted by Gasteiger charge is 2.19. The molecule has 0 unspecified atom stereocenters. The van der Waals surface area contributed by atoms with Crippen LogP contribution in [-0.4, -0.2) is 10.9 Å². The van der Waals surface area contributed by atoms with Gasteiger partial charge in [0, 0.05) is 15.4 Å². The average Bonchev–Trinajstić information content (AvgIpc) is 2.70. The summed E-state index contributed by atoms with van der Waals surface area (Å²) in [5, 5.41) is 3.87. The predicted molar refractivity (Wildman–Crippen MR) is 114 cm³/mol. The van der Waals surface area contributed by atoms with E-state index in [1.807, 2.05) is 85.8 Å². The van der Waals surface area contributed by atoms with E-state index in [0.717, 1.165) is 37.9 Å². The molecule has 4 aromatic rings. The fourth-order valence-electron chi connectivity index (χ4n) is 3.22. The third-order valence-corrected chi connectivity index (χ3v) is 5.22. The molecule has 0 saturated carbocycles. The quantitative estimate of drug-likeness (QED) is 0.430. The lowest BCUT2D eigenvalue weighted by Crippen LogP contribution is -2.15. The van der Waals surface area contributed by atoms with Crippen molar-refractivity contribution < 1.29 is 4.79 Å². The molecule has 0 radical (unpaired) electrons. The molecule has 0 aliphatic rings. The molecule has 0 atom stereocenters. The van der Waals surface area contributed by atoms with E-state index in [9.17, 15) is 4.79 Å². The molecule has 4 heteroatoms. The molecular weight excluding hydrogens is 400 g/mol. The Kier molecular flexibility index (Phi) is 4.73. The monoisotopic (exact) mass is 416 g/mol. The second-order valence-corrected chi connectivity index (χ2v) is 7.13. The highest BCUT2D eigenvalue weighted by Crippen LogP contribution is 2.31. The summed E-state index contributed by atoms with van der Waals surface area (Å²) >= 11 is 3.49. The molecule has 0 aliphatic carbocycles. The number of halogens is 1. The van der Waals surface area contributed by atoms with Gasteiger partial charge in [-0.15, -0.1) is 0 Å². The second-order valence-electron chi connectivity index (χ2n) is 6.28. The third kappa shape index (κ3) is 3.36. The van der Waals surface area contributed by atoms with Crippen molar-refractivity contribution >= 4 is 38.4 Å². The van der Waals surface area contributed by atoms with Gasteiger partial charge in [-0.05, 0) is 46.6 Å². The summed E-state index contributed by atoms with van der Waals surface area (Å²) in [5.74, 6) is -0.143. The van der Waals surface area contributed by atoms with E-state index >= 15 is 0 Å². The van der Waals surface area contributed by atoms with Crippen LogP contribution in [0.3, 0.4) is 0 Å². The summed E-state index contributed by atoms with van der Waals surface area (Å²) in [4.78, 5) is 18.0. The van der Waals surface area contributed by atoms with Crippen LogP contribution in [0.2, 0.25) is 0 Å². The third-order valence-electron chi connectivity index (χ3n) is 4.53. The zero-order valence-electron chi connectivity index (χ0n) is 14.7. The van der Waals surface area contributed by atoms with Gasteiger partial charge < -0.3 is 5.32 Å². The van der Waals surface area contributed by atoms with Crippen LogP contribution in [-0.2, 0) is 0 Å². The number of rotatable bonds is 3. The Balaban J connectivity index is 1.89. The molecule has 1 aromatic heterocycles. The molecule has 0 spiro atoms. The molecule has 0 aliphatic heterocycles. The molecule has 4 rings (SSSR count). The van der Waals surface area contributed by atoms with Crippen molar-refractivity contribution in [1.82, 2.24) is 4.98 Å². The van der Waals surface area contributed by atoms with Crippen molar-refractivity contribution in [3.63, 3.8) is 0 Å². The minimum absolute atomic E-state index is 0.143. The van der Waals surface area contributed by atoms with Crippen LogP contribution in [0, 0.1) is 6.92 Å². The van der Waals surface area contributed by atoms with Gasteiger partial charge >= 0.3 is 0 Å². The van der Waals surface area contributed by atoms with Gasteiger partial charge in [-0.25, -0.2) is 4.98 Å². The Morgan fingerprint density at radius 3 is 2.33 bits per heavy atom. The van der Waals surface area contributed by atoms with Crippen molar-refractivity contribution in [2.45, 2.75) is 6.92 Å². The molecule has 1 amide bonds. The van der Waals surface area contributed by atoms with Crippen LogP contribution in [0.1, 0.15) is 15.9 Å². The van der Waals surface area contributed by atoms with Gasteiger partial charge in [0.2, 0.25) is 0 Å². The predicted octanol–water partition coefficient (Wildman–Crippen LogP) is 6.23. The van der Waals surface area contributed by atoms with E-state index in [4.69, 9.17) is 4.98 Å². The first-order chi connectivity index (χ1) is 13.1. The molecule has 3 nitrogen and oxygen atoms in total. The number of carbonyl (C=O) groups excluding carboxylic acids is 1. The van der Waals surface area contributed by atoms with E-state index in [2.05, 4.69) is 21.2 Å².